The van der Waals surface area contributed by atoms with E-state index >= 15 is 0 Å². The molecule has 0 N–H and O–H groups in total. The van der Waals surface area contributed by atoms with Crippen molar-refractivity contribution in [1.82, 2.24) is 4.90 Å². The fraction of sp³-hybridized carbons (Fsp3) is 0.724. The first-order valence-corrected chi connectivity index (χ1v) is 27.3. The molecule has 0 saturated heterocycles. The highest BCUT2D eigenvalue weighted by Crippen LogP contribution is 2.69. The summed E-state index contributed by atoms with van der Waals surface area (Å²) in [6.07, 6.45) is 8.83. The molecule has 0 heterocycles. The van der Waals surface area contributed by atoms with Gasteiger partial charge in [-0.25, -0.2) is 0 Å². The van der Waals surface area contributed by atoms with Gasteiger partial charge in [0.15, 0.2) is 0 Å². The Labute approximate surface area is 424 Å². The van der Waals surface area contributed by atoms with E-state index in [0.29, 0.717) is 50.0 Å². The van der Waals surface area contributed by atoms with Crippen LogP contribution in [0.25, 0.3) is 0 Å². The number of Topliss-reactive ketones (excluding diaryl/α,β-unsaturated/α-hetero) is 2. The quantitative estimate of drug-likeness (QED) is 0.0423. The van der Waals surface area contributed by atoms with Crippen molar-refractivity contribution in [2.45, 2.75) is 207 Å². The molecule has 0 spiro atoms. The van der Waals surface area contributed by atoms with Crippen LogP contribution in [0.4, 0.5) is 26.3 Å². The third-order valence-corrected chi connectivity index (χ3v) is 17.8. The molecule has 402 valence electrons. The summed E-state index contributed by atoms with van der Waals surface area (Å²) in [4.78, 5) is 53.4. The zero-order valence-electron chi connectivity index (χ0n) is 43.7. The number of carbonyl (C=O) groups is 4. The molecule has 11 atom stereocenters. The minimum Gasteiger partial charge on any atom is -0.490 e. The van der Waals surface area contributed by atoms with Crippen molar-refractivity contribution in [3.05, 3.63) is 59.7 Å². The van der Waals surface area contributed by atoms with Crippen molar-refractivity contribution in [2.75, 3.05) is 13.1 Å². The summed E-state index contributed by atoms with van der Waals surface area (Å²) in [6, 6.07) is 10.1. The molecule has 4 aliphatic rings. The Kier molecular flexibility index (Phi) is 19.8. The van der Waals surface area contributed by atoms with Crippen molar-refractivity contribution < 1.29 is 59.7 Å². The fourth-order valence-corrected chi connectivity index (χ4v) is 14.0. The third-order valence-electron chi connectivity index (χ3n) is 17.8. The molecule has 4 aliphatic carbocycles. The minimum atomic E-state index is -5.03. The van der Waals surface area contributed by atoms with Gasteiger partial charge >= 0.3 is 18.3 Å². The van der Waals surface area contributed by atoms with Gasteiger partial charge in [-0.1, -0.05) is 98.8 Å². The van der Waals surface area contributed by atoms with E-state index in [1.165, 1.54) is 82.6 Å². The summed E-state index contributed by atoms with van der Waals surface area (Å²) in [5, 5.41) is 0. The number of carbonyl (C=O) groups excluding carboxylic acids is 4. The zero-order valence-corrected chi connectivity index (χ0v) is 43.7. The molecule has 8 nitrogen and oxygen atoms in total. The predicted octanol–water partition coefficient (Wildman–Crippen LogP) is 15.1. The minimum absolute atomic E-state index is 0.0107. The van der Waals surface area contributed by atoms with Crippen molar-refractivity contribution in [2.24, 2.45) is 46.3 Å². The molecule has 0 bridgehead atoms. The van der Waals surface area contributed by atoms with Crippen LogP contribution in [0, 0.1) is 46.3 Å². The van der Waals surface area contributed by atoms with E-state index in [9.17, 15) is 45.5 Å². The molecule has 14 heteroatoms. The lowest BCUT2D eigenvalue weighted by molar-refractivity contribution is -0.213. The summed E-state index contributed by atoms with van der Waals surface area (Å²) in [7, 11) is 0. The monoisotopic (exact) mass is 1020 g/mol. The first kappa shape index (κ1) is 57.2. The van der Waals surface area contributed by atoms with Gasteiger partial charge in [0.05, 0.1) is 6.10 Å². The Balaban J connectivity index is 1.24. The molecule has 0 aliphatic heterocycles. The smallest absolute Gasteiger partial charge is 0.454 e. The Bertz CT molecular complexity index is 2080. The van der Waals surface area contributed by atoms with Crippen molar-refractivity contribution in [3.63, 3.8) is 0 Å². The maximum absolute atomic E-state index is 14.2. The second kappa shape index (κ2) is 25.0. The van der Waals surface area contributed by atoms with Crippen molar-refractivity contribution in [1.29, 1.82) is 0 Å². The number of amides is 1. The van der Waals surface area contributed by atoms with Crippen LogP contribution in [0.15, 0.2) is 48.5 Å². The van der Waals surface area contributed by atoms with Gasteiger partial charge in [0.2, 0.25) is 5.91 Å². The van der Waals surface area contributed by atoms with Gasteiger partial charge in [0.1, 0.15) is 23.7 Å². The average molecular weight is 1020 g/mol. The molecule has 0 aromatic heterocycles. The number of ketones is 2. The number of benzene rings is 2. The molecular formula is C58H81F6NO7. The molecule has 4 fully saturated rings. The Morgan fingerprint density at radius 1 is 0.667 bits per heavy atom. The van der Waals surface area contributed by atoms with E-state index in [4.69, 9.17) is 14.2 Å². The highest BCUT2D eigenvalue weighted by atomic mass is 19.4. The molecule has 72 heavy (non-hydrogen) atoms. The number of ether oxygens (including phenoxy) is 3. The predicted molar refractivity (Wildman–Crippen MR) is 266 cm³/mol. The van der Waals surface area contributed by atoms with Crippen LogP contribution in [-0.2, 0) is 14.3 Å². The van der Waals surface area contributed by atoms with E-state index in [0.717, 1.165) is 82.3 Å². The van der Waals surface area contributed by atoms with Crippen LogP contribution < -0.4 is 9.47 Å². The molecule has 2 aromatic rings. The standard InChI is InChI=1S/C58H81F6NO7/c1-7-9-11-13-15-17-33-65(34-18-16-14-12-10-8-2)51(67)30-19-38(3)46-28-29-47-52-48(37-50(56(46,47)6)70-39(4)66)55(5)32-31-45(71-43-24-20-40(21-25-43)53(68)57(59,60)61)35-42(55)36-49(52)72-44-26-22-41(23-27-44)54(69)58(62,63)64/h20-27,38,42,45-50,52H,7-19,28-37H2,1-6H3/t38-,42?,45?,46?,47?,48?,49?,50?,52?,55+,56-/m1/s1. The molecular weight excluding hydrogens is 937 g/mol. The van der Waals surface area contributed by atoms with Crippen LogP contribution in [-0.4, -0.2) is 72.1 Å². The first-order valence-electron chi connectivity index (χ1n) is 27.3. The SMILES string of the molecule is CCCCCCCCN(CCCCCCCC)C(=O)CC[C@@H](C)C1CCC2C3C(Oc4ccc(C(=O)C(F)(F)F)cc4)CC4CC(Oc5ccc(C(=O)C(F)(F)F)cc5)CC[C@]4(C)C3CC(OC(C)=O)[C@@]21C. The highest BCUT2D eigenvalue weighted by molar-refractivity contribution is 6.00. The van der Waals surface area contributed by atoms with Crippen LogP contribution in [0.2, 0.25) is 0 Å². The fourth-order valence-electron chi connectivity index (χ4n) is 14.0. The second-order valence-corrected chi connectivity index (χ2v) is 22.4. The number of fused-ring (bicyclic) bond motifs is 5. The molecule has 6 rings (SSSR count). The number of unbranched alkanes of at least 4 members (excludes halogenated alkanes) is 10. The first-order chi connectivity index (χ1) is 34.1. The van der Waals surface area contributed by atoms with Gasteiger partial charge in [-0.3, -0.25) is 19.2 Å². The van der Waals surface area contributed by atoms with E-state index in [1.54, 1.807) is 0 Å². The Morgan fingerprint density at radius 3 is 1.69 bits per heavy atom. The molecule has 1 amide bonds. The average Bonchev–Trinajstić information content (AvgIpc) is 3.70. The number of hydrogen-bond acceptors (Lipinski definition) is 7. The lowest BCUT2D eigenvalue weighted by atomic mass is 9.43. The van der Waals surface area contributed by atoms with Gasteiger partial charge in [-0.2, -0.15) is 26.3 Å². The normalized spacial score (nSPS) is 28.5. The Hall–Kier alpha value is -4.10. The van der Waals surface area contributed by atoms with Gasteiger partial charge in [-0.05, 0) is 148 Å². The van der Waals surface area contributed by atoms with E-state index < -0.39 is 52.7 Å². The van der Waals surface area contributed by atoms with Crippen LogP contribution in [0.1, 0.15) is 197 Å². The lowest BCUT2D eigenvalue weighted by Crippen LogP contribution is -2.64. The number of halogens is 6. The summed E-state index contributed by atoms with van der Waals surface area (Å²) in [5.41, 5.74) is -1.70. The number of rotatable bonds is 25. The van der Waals surface area contributed by atoms with Gasteiger partial charge in [-0.15, -0.1) is 0 Å². The Morgan fingerprint density at radius 2 is 1.18 bits per heavy atom. The zero-order chi connectivity index (χ0) is 52.4. The van der Waals surface area contributed by atoms with Gasteiger partial charge in [0, 0.05) is 48.9 Å². The number of esters is 1. The van der Waals surface area contributed by atoms with Crippen LogP contribution in [0.3, 0.4) is 0 Å². The summed E-state index contributed by atoms with van der Waals surface area (Å²) in [6.45, 7) is 14.3. The molecule has 0 radical (unpaired) electrons. The van der Waals surface area contributed by atoms with E-state index in [1.807, 2.05) is 0 Å². The summed E-state index contributed by atoms with van der Waals surface area (Å²) in [5.74, 6) is -3.02. The van der Waals surface area contributed by atoms with Crippen molar-refractivity contribution >= 4 is 23.4 Å². The lowest BCUT2D eigenvalue weighted by Gasteiger charge is -2.64. The van der Waals surface area contributed by atoms with E-state index in [2.05, 4.69) is 39.5 Å². The van der Waals surface area contributed by atoms with Gasteiger partial charge < -0.3 is 19.1 Å². The molecule has 8 unspecified atom stereocenters. The maximum atomic E-state index is 14.2. The van der Waals surface area contributed by atoms with Gasteiger partial charge in [0.25, 0.3) is 11.6 Å². The molecule has 2 aromatic carbocycles. The number of hydrogen-bond donors (Lipinski definition) is 0. The third kappa shape index (κ3) is 13.8. The summed E-state index contributed by atoms with van der Waals surface area (Å²) < 4.78 is 99.4. The van der Waals surface area contributed by atoms with E-state index in [-0.39, 0.29) is 58.9 Å². The largest absolute Gasteiger partial charge is 0.490 e. The van der Waals surface area contributed by atoms with Crippen LogP contribution >= 0.6 is 0 Å². The second-order valence-electron chi connectivity index (χ2n) is 22.4. The topological polar surface area (TPSA) is 99.2 Å². The highest BCUT2D eigenvalue weighted by Gasteiger charge is 2.67. The van der Waals surface area contributed by atoms with Crippen molar-refractivity contribution in [3.8, 4) is 11.5 Å². The summed E-state index contributed by atoms with van der Waals surface area (Å²) >= 11 is 0. The molecule has 4 saturated carbocycles. The van der Waals surface area contributed by atoms with Crippen LogP contribution in [0.5, 0.6) is 11.5 Å². The maximum Gasteiger partial charge on any atom is 0.454 e. The number of nitrogens with zero attached hydrogens (tertiary/aromatic N) is 1. The number of alkyl halides is 6.